The van der Waals surface area contributed by atoms with Crippen LogP contribution in [0.5, 0.6) is 0 Å². The Labute approximate surface area is 91.2 Å². The van der Waals surface area contributed by atoms with E-state index in [9.17, 15) is 14.9 Å². The molecule has 15 heavy (non-hydrogen) atoms. The van der Waals surface area contributed by atoms with Gasteiger partial charge in [0, 0.05) is 18.2 Å². The number of carbonyl (C=O) groups excluding carboxylic acids is 1. The highest BCUT2D eigenvalue weighted by Crippen LogP contribution is 2.16. The molecule has 0 radical (unpaired) electrons. The van der Waals surface area contributed by atoms with Gasteiger partial charge in [-0.3, -0.25) is 14.9 Å². The lowest BCUT2D eigenvalue weighted by Crippen LogP contribution is -2.24. The summed E-state index contributed by atoms with van der Waals surface area (Å²) >= 11 is 5.27. The number of alkyl halides is 1. The van der Waals surface area contributed by atoms with Crippen molar-refractivity contribution in [2.75, 3.05) is 5.88 Å². The van der Waals surface area contributed by atoms with E-state index in [2.05, 4.69) is 5.32 Å². The van der Waals surface area contributed by atoms with Crippen LogP contribution in [-0.2, 0) is 11.3 Å². The van der Waals surface area contributed by atoms with Crippen molar-refractivity contribution in [3.8, 4) is 0 Å². The first-order valence-electron chi connectivity index (χ1n) is 4.20. The Morgan fingerprint density at radius 2 is 2.13 bits per heavy atom. The number of halogens is 1. The number of rotatable bonds is 4. The minimum atomic E-state index is -0.484. The molecule has 0 aliphatic rings. The van der Waals surface area contributed by atoms with E-state index in [0.717, 1.165) is 0 Å². The van der Waals surface area contributed by atoms with Gasteiger partial charge in [0.25, 0.3) is 5.69 Å². The quantitative estimate of drug-likeness (QED) is 0.482. The molecule has 0 bridgehead atoms. The summed E-state index contributed by atoms with van der Waals surface area (Å²) in [6.45, 7) is 0.114. The highest BCUT2D eigenvalue weighted by molar-refractivity contribution is 6.27. The van der Waals surface area contributed by atoms with Crippen molar-refractivity contribution < 1.29 is 9.72 Å². The van der Waals surface area contributed by atoms with Crippen LogP contribution in [0.2, 0.25) is 0 Å². The maximum Gasteiger partial charge on any atom is 0.274 e. The number of nitro groups is 1. The molecule has 0 aliphatic carbocycles. The fraction of sp³-hybridized carbons (Fsp3) is 0.222. The molecule has 0 unspecified atom stereocenters. The second-order valence-corrected chi connectivity index (χ2v) is 3.06. The molecular formula is C9H9ClN2O3. The zero-order chi connectivity index (χ0) is 11.3. The minimum Gasteiger partial charge on any atom is -0.351 e. The molecule has 0 atom stereocenters. The van der Waals surface area contributed by atoms with Crippen LogP contribution in [0.3, 0.4) is 0 Å². The zero-order valence-electron chi connectivity index (χ0n) is 7.77. The Bertz CT molecular complexity index is 381. The van der Waals surface area contributed by atoms with E-state index < -0.39 is 4.92 Å². The van der Waals surface area contributed by atoms with Gasteiger partial charge in [0.05, 0.1) is 4.92 Å². The number of amides is 1. The number of para-hydroxylation sites is 1. The van der Waals surface area contributed by atoms with Gasteiger partial charge in [0.1, 0.15) is 5.88 Å². The van der Waals surface area contributed by atoms with E-state index in [0.29, 0.717) is 5.56 Å². The lowest BCUT2D eigenvalue weighted by Gasteiger charge is -2.03. The maximum absolute atomic E-state index is 10.9. The summed E-state index contributed by atoms with van der Waals surface area (Å²) in [7, 11) is 0. The van der Waals surface area contributed by atoms with Crippen molar-refractivity contribution in [2.45, 2.75) is 6.54 Å². The fourth-order valence-electron chi connectivity index (χ4n) is 1.08. The number of hydrogen-bond acceptors (Lipinski definition) is 3. The van der Waals surface area contributed by atoms with E-state index in [-0.39, 0.29) is 24.0 Å². The smallest absolute Gasteiger partial charge is 0.274 e. The first-order valence-corrected chi connectivity index (χ1v) is 4.73. The number of benzene rings is 1. The summed E-state index contributed by atoms with van der Waals surface area (Å²) in [4.78, 5) is 21.0. The Morgan fingerprint density at radius 1 is 1.47 bits per heavy atom. The van der Waals surface area contributed by atoms with Crippen LogP contribution < -0.4 is 5.32 Å². The molecule has 0 fully saturated rings. The molecule has 80 valence electrons. The predicted octanol–water partition coefficient (Wildman–Crippen LogP) is 1.45. The largest absolute Gasteiger partial charge is 0.351 e. The van der Waals surface area contributed by atoms with Crippen molar-refractivity contribution in [2.24, 2.45) is 0 Å². The molecule has 0 saturated carbocycles. The van der Waals surface area contributed by atoms with Gasteiger partial charge in [-0.1, -0.05) is 18.2 Å². The van der Waals surface area contributed by atoms with Gasteiger partial charge >= 0.3 is 0 Å². The highest BCUT2D eigenvalue weighted by atomic mass is 35.5. The molecule has 0 spiro atoms. The van der Waals surface area contributed by atoms with Crippen LogP contribution in [0.25, 0.3) is 0 Å². The zero-order valence-corrected chi connectivity index (χ0v) is 8.53. The molecule has 0 saturated heterocycles. The number of nitrogens with zero attached hydrogens (tertiary/aromatic N) is 1. The minimum absolute atomic E-state index is 0.00706. The Hall–Kier alpha value is -1.62. The van der Waals surface area contributed by atoms with Crippen LogP contribution in [-0.4, -0.2) is 16.7 Å². The van der Waals surface area contributed by atoms with Gasteiger partial charge in [-0.05, 0) is 0 Å². The molecular weight excluding hydrogens is 220 g/mol. The van der Waals surface area contributed by atoms with Gasteiger partial charge in [-0.2, -0.15) is 0 Å². The molecule has 1 aromatic rings. The molecule has 1 rings (SSSR count). The molecule has 1 aromatic carbocycles. The van der Waals surface area contributed by atoms with E-state index >= 15 is 0 Å². The van der Waals surface area contributed by atoms with Crippen LogP contribution >= 0.6 is 11.6 Å². The van der Waals surface area contributed by atoms with Crippen LogP contribution in [0.1, 0.15) is 5.56 Å². The molecule has 1 N–H and O–H groups in total. The summed E-state index contributed by atoms with van der Waals surface area (Å²) in [6, 6.07) is 6.23. The number of nitro benzene ring substituents is 1. The SMILES string of the molecule is O=C(CCl)NCc1ccccc1[N+](=O)[O-]. The van der Waals surface area contributed by atoms with Crippen molar-refractivity contribution in [3.63, 3.8) is 0 Å². The van der Waals surface area contributed by atoms with Crippen molar-refractivity contribution >= 4 is 23.2 Å². The molecule has 6 heteroatoms. The topological polar surface area (TPSA) is 72.2 Å². The normalized spacial score (nSPS) is 9.67. The molecule has 0 aliphatic heterocycles. The summed E-state index contributed by atoms with van der Waals surface area (Å²) in [5.74, 6) is -0.504. The van der Waals surface area contributed by atoms with Crippen LogP contribution in [0.4, 0.5) is 5.69 Å². The number of nitrogens with one attached hydrogen (secondary N) is 1. The van der Waals surface area contributed by atoms with E-state index in [4.69, 9.17) is 11.6 Å². The van der Waals surface area contributed by atoms with Gasteiger partial charge in [-0.15, -0.1) is 11.6 Å². The van der Waals surface area contributed by atoms with E-state index in [1.807, 2.05) is 0 Å². The number of hydrogen-bond donors (Lipinski definition) is 1. The van der Waals surface area contributed by atoms with E-state index in [1.165, 1.54) is 6.07 Å². The average molecular weight is 229 g/mol. The third kappa shape index (κ3) is 3.21. The maximum atomic E-state index is 10.9. The third-order valence-electron chi connectivity index (χ3n) is 1.79. The Morgan fingerprint density at radius 3 is 2.73 bits per heavy atom. The first kappa shape index (κ1) is 11.5. The second kappa shape index (κ2) is 5.31. The molecule has 5 nitrogen and oxygen atoms in total. The Balaban J connectivity index is 2.76. The lowest BCUT2D eigenvalue weighted by molar-refractivity contribution is -0.385. The summed E-state index contributed by atoms with van der Waals surface area (Å²) in [5.41, 5.74) is 0.452. The van der Waals surface area contributed by atoms with Gasteiger partial charge in [0.2, 0.25) is 5.91 Å². The molecule has 1 amide bonds. The Kier molecular flexibility index (Phi) is 4.05. The van der Waals surface area contributed by atoms with Crippen molar-refractivity contribution in [3.05, 3.63) is 39.9 Å². The van der Waals surface area contributed by atoms with Crippen LogP contribution in [0.15, 0.2) is 24.3 Å². The standard InChI is InChI=1S/C9H9ClN2O3/c10-5-9(13)11-6-7-3-1-2-4-8(7)12(14)15/h1-4H,5-6H2,(H,11,13). The van der Waals surface area contributed by atoms with Crippen LogP contribution in [0, 0.1) is 10.1 Å². The summed E-state index contributed by atoms with van der Waals surface area (Å²) in [6.07, 6.45) is 0. The van der Waals surface area contributed by atoms with E-state index in [1.54, 1.807) is 18.2 Å². The second-order valence-electron chi connectivity index (χ2n) is 2.80. The monoisotopic (exact) mass is 228 g/mol. The highest BCUT2D eigenvalue weighted by Gasteiger charge is 2.12. The lowest BCUT2D eigenvalue weighted by atomic mass is 10.2. The number of carbonyl (C=O) groups is 1. The van der Waals surface area contributed by atoms with Gasteiger partial charge in [0.15, 0.2) is 0 Å². The average Bonchev–Trinajstić information content (AvgIpc) is 2.26. The first-order chi connectivity index (χ1) is 7.15. The molecule has 0 aromatic heterocycles. The van der Waals surface area contributed by atoms with Crippen molar-refractivity contribution in [1.82, 2.24) is 5.32 Å². The summed E-state index contributed by atoms with van der Waals surface area (Å²) < 4.78 is 0. The predicted molar refractivity (Wildman–Crippen MR) is 55.7 cm³/mol. The third-order valence-corrected chi connectivity index (χ3v) is 2.03. The summed E-state index contributed by atoms with van der Waals surface area (Å²) in [5, 5.41) is 13.1. The van der Waals surface area contributed by atoms with Gasteiger partial charge in [-0.25, -0.2) is 0 Å². The fourth-order valence-corrected chi connectivity index (χ4v) is 1.17. The molecule has 0 heterocycles. The van der Waals surface area contributed by atoms with Gasteiger partial charge < -0.3 is 5.32 Å². The van der Waals surface area contributed by atoms with Crippen molar-refractivity contribution in [1.29, 1.82) is 0 Å².